The van der Waals surface area contributed by atoms with Gasteiger partial charge < -0.3 is 10.2 Å². The molecule has 0 aliphatic heterocycles. The first-order valence-corrected chi connectivity index (χ1v) is 11.8. The molecule has 0 aliphatic carbocycles. The molecule has 3 aromatic heterocycles. The number of nitrogens with one attached hydrogen (secondary N) is 1. The molecule has 0 radical (unpaired) electrons. The Morgan fingerprint density at radius 2 is 1.45 bits per heavy atom. The van der Waals surface area contributed by atoms with E-state index >= 15 is 0 Å². The average molecular weight is 459 g/mol. The van der Waals surface area contributed by atoms with Crippen molar-refractivity contribution >= 4 is 62.4 Å². The van der Waals surface area contributed by atoms with Crippen molar-refractivity contribution < 1.29 is 0 Å². The number of benzene rings is 2. The maximum atomic E-state index is 5.61. The van der Waals surface area contributed by atoms with Gasteiger partial charge in [0, 0.05) is 18.4 Å². The Kier molecular flexibility index (Phi) is 5.46. The molecule has 7 heteroatoms. The van der Waals surface area contributed by atoms with Crippen molar-refractivity contribution in [2.45, 2.75) is 0 Å². The summed E-state index contributed by atoms with van der Waals surface area (Å²) in [5.74, 6) is 0. The van der Waals surface area contributed by atoms with Gasteiger partial charge in [-0.15, -0.1) is 22.7 Å². The van der Waals surface area contributed by atoms with Crippen molar-refractivity contribution in [2.24, 2.45) is 0 Å². The third kappa shape index (κ3) is 4.07. The zero-order valence-corrected chi connectivity index (χ0v) is 19.1. The monoisotopic (exact) mass is 458 g/mol. The van der Waals surface area contributed by atoms with E-state index in [1.807, 2.05) is 72.6 Å². The molecule has 0 saturated carbocycles. The van der Waals surface area contributed by atoms with Crippen molar-refractivity contribution in [3.05, 3.63) is 83.6 Å². The predicted molar refractivity (Wildman–Crippen MR) is 137 cm³/mol. The molecule has 0 bridgehead atoms. The van der Waals surface area contributed by atoms with Crippen LogP contribution in [0, 0.1) is 0 Å². The van der Waals surface area contributed by atoms with E-state index < -0.39 is 0 Å². The number of fused-ring (bicyclic) bond motifs is 1. The number of aromatic nitrogens is 2. The van der Waals surface area contributed by atoms with Gasteiger partial charge in [0.1, 0.15) is 11.4 Å². The van der Waals surface area contributed by atoms with Gasteiger partial charge in [0.2, 0.25) is 0 Å². The van der Waals surface area contributed by atoms with Gasteiger partial charge >= 0.3 is 0 Å². The van der Waals surface area contributed by atoms with Crippen molar-refractivity contribution in [1.29, 1.82) is 0 Å². The summed E-state index contributed by atoms with van der Waals surface area (Å²) in [6.07, 6.45) is 0. The molecule has 31 heavy (non-hydrogen) atoms. The molecule has 0 unspecified atom stereocenters. The smallest absolute Gasteiger partial charge is 0.177 e. The normalized spacial score (nSPS) is 10.9. The second-order valence-corrected chi connectivity index (χ2v) is 9.19. The standard InChI is InChI=1S/C24H18N4S3/c1-28(17-7-3-2-4-8-17)24(29)25-16-11-12-18-19(15-16)27-23(21-10-6-14-31-21)22(26-18)20-9-5-13-30-20/h2-15H,1H3,(H,25,29). The number of thiocarbonyl (C=S) groups is 1. The van der Waals surface area contributed by atoms with Gasteiger partial charge in [-0.25, -0.2) is 9.97 Å². The van der Waals surface area contributed by atoms with E-state index in [9.17, 15) is 0 Å². The summed E-state index contributed by atoms with van der Waals surface area (Å²) in [7, 11) is 1.95. The second kappa shape index (κ2) is 8.55. The van der Waals surface area contributed by atoms with Crippen LogP contribution in [0.1, 0.15) is 0 Å². The molecule has 0 atom stereocenters. The predicted octanol–water partition coefficient (Wildman–Crippen LogP) is 6.92. The molecule has 0 fully saturated rings. The summed E-state index contributed by atoms with van der Waals surface area (Å²) in [6, 6.07) is 24.3. The molecular weight excluding hydrogens is 440 g/mol. The summed E-state index contributed by atoms with van der Waals surface area (Å²) >= 11 is 8.96. The van der Waals surface area contributed by atoms with Crippen molar-refractivity contribution in [2.75, 3.05) is 17.3 Å². The summed E-state index contributed by atoms with van der Waals surface area (Å²) in [6.45, 7) is 0. The van der Waals surface area contributed by atoms with E-state index in [0.29, 0.717) is 5.11 Å². The molecule has 3 heterocycles. The highest BCUT2D eigenvalue weighted by molar-refractivity contribution is 7.80. The van der Waals surface area contributed by atoms with E-state index in [0.717, 1.165) is 43.6 Å². The molecule has 0 spiro atoms. The van der Waals surface area contributed by atoms with Crippen LogP contribution >= 0.6 is 34.9 Å². The Morgan fingerprint density at radius 3 is 2.06 bits per heavy atom. The van der Waals surface area contributed by atoms with Crippen LogP contribution < -0.4 is 10.2 Å². The average Bonchev–Trinajstić information content (AvgIpc) is 3.52. The topological polar surface area (TPSA) is 41.0 Å². The Labute approximate surface area is 193 Å². The molecule has 152 valence electrons. The highest BCUT2D eigenvalue weighted by Crippen LogP contribution is 2.35. The number of nitrogens with zero attached hydrogens (tertiary/aromatic N) is 3. The number of anilines is 2. The van der Waals surface area contributed by atoms with E-state index in [-0.39, 0.29) is 0 Å². The molecular formula is C24H18N4S3. The fraction of sp³-hybridized carbons (Fsp3) is 0.0417. The Balaban J connectivity index is 1.51. The van der Waals surface area contributed by atoms with Crippen LogP contribution in [-0.2, 0) is 0 Å². The van der Waals surface area contributed by atoms with E-state index in [4.69, 9.17) is 22.2 Å². The minimum Gasteiger partial charge on any atom is -0.332 e. The molecule has 4 nitrogen and oxygen atoms in total. The minimum atomic E-state index is 0.618. The van der Waals surface area contributed by atoms with E-state index in [1.165, 1.54) is 0 Å². The molecule has 0 saturated heterocycles. The van der Waals surface area contributed by atoms with Gasteiger partial charge in [0.25, 0.3) is 0 Å². The fourth-order valence-electron chi connectivity index (χ4n) is 3.28. The zero-order chi connectivity index (χ0) is 21.2. The summed E-state index contributed by atoms with van der Waals surface area (Å²) in [4.78, 5) is 14.1. The van der Waals surface area contributed by atoms with Gasteiger partial charge in [0.05, 0.1) is 20.8 Å². The third-order valence-electron chi connectivity index (χ3n) is 4.87. The van der Waals surface area contributed by atoms with Crippen LogP contribution in [-0.4, -0.2) is 22.1 Å². The molecule has 2 aromatic carbocycles. The first-order valence-electron chi connectivity index (χ1n) is 9.68. The number of hydrogen-bond acceptors (Lipinski definition) is 5. The third-order valence-corrected chi connectivity index (χ3v) is 7.00. The second-order valence-electron chi connectivity index (χ2n) is 6.90. The first-order chi connectivity index (χ1) is 15.2. The maximum absolute atomic E-state index is 5.61. The molecule has 5 rings (SSSR count). The van der Waals surface area contributed by atoms with Gasteiger partial charge in [-0.2, -0.15) is 0 Å². The lowest BCUT2D eigenvalue weighted by molar-refractivity contribution is 1.28. The Hall–Kier alpha value is -3.13. The zero-order valence-electron chi connectivity index (χ0n) is 16.6. The van der Waals surface area contributed by atoms with Crippen LogP contribution in [0.25, 0.3) is 32.2 Å². The first kappa shape index (κ1) is 19.8. The Morgan fingerprint density at radius 1 is 0.806 bits per heavy atom. The fourth-order valence-corrected chi connectivity index (χ4v) is 4.93. The van der Waals surface area contributed by atoms with Crippen LogP contribution in [0.5, 0.6) is 0 Å². The van der Waals surface area contributed by atoms with Crippen molar-refractivity contribution in [1.82, 2.24) is 9.97 Å². The van der Waals surface area contributed by atoms with Crippen LogP contribution in [0.2, 0.25) is 0 Å². The number of hydrogen-bond donors (Lipinski definition) is 1. The molecule has 0 amide bonds. The number of thiophene rings is 2. The lowest BCUT2D eigenvalue weighted by Gasteiger charge is -2.21. The summed E-state index contributed by atoms with van der Waals surface area (Å²) in [5, 5.41) is 8.07. The number of rotatable bonds is 4. The number of para-hydroxylation sites is 1. The Bertz CT molecular complexity index is 1330. The van der Waals surface area contributed by atoms with Crippen LogP contribution in [0.3, 0.4) is 0 Å². The quantitative estimate of drug-likeness (QED) is 0.296. The molecule has 5 aromatic rings. The lowest BCUT2D eigenvalue weighted by atomic mass is 10.2. The van der Waals surface area contributed by atoms with Gasteiger partial charge in [-0.3, -0.25) is 0 Å². The van der Waals surface area contributed by atoms with E-state index in [2.05, 4.69) is 28.2 Å². The van der Waals surface area contributed by atoms with Crippen LogP contribution in [0.4, 0.5) is 11.4 Å². The molecule has 0 aliphatic rings. The van der Waals surface area contributed by atoms with Gasteiger partial charge in [-0.05, 0) is 65.4 Å². The van der Waals surface area contributed by atoms with Crippen molar-refractivity contribution in [3.63, 3.8) is 0 Å². The summed E-state index contributed by atoms with van der Waals surface area (Å²) in [5.41, 5.74) is 5.43. The minimum absolute atomic E-state index is 0.618. The van der Waals surface area contributed by atoms with Crippen LogP contribution in [0.15, 0.2) is 83.6 Å². The highest BCUT2D eigenvalue weighted by atomic mass is 32.1. The maximum Gasteiger partial charge on any atom is 0.177 e. The highest BCUT2D eigenvalue weighted by Gasteiger charge is 2.15. The molecule has 1 N–H and O–H groups in total. The summed E-state index contributed by atoms with van der Waals surface area (Å²) < 4.78 is 0. The van der Waals surface area contributed by atoms with Gasteiger partial charge in [-0.1, -0.05) is 30.3 Å². The van der Waals surface area contributed by atoms with Crippen molar-refractivity contribution in [3.8, 4) is 21.1 Å². The largest absolute Gasteiger partial charge is 0.332 e. The SMILES string of the molecule is CN(C(=S)Nc1ccc2nc(-c3cccs3)c(-c3cccs3)nc2c1)c1ccccc1. The lowest BCUT2D eigenvalue weighted by Crippen LogP contribution is -2.30. The van der Waals surface area contributed by atoms with E-state index in [1.54, 1.807) is 22.7 Å². The van der Waals surface area contributed by atoms with Gasteiger partial charge in [0.15, 0.2) is 5.11 Å².